The molecule has 84 valence electrons. The van der Waals surface area contributed by atoms with Crippen molar-refractivity contribution in [3.63, 3.8) is 0 Å². The van der Waals surface area contributed by atoms with E-state index in [1.165, 1.54) is 12.3 Å². The lowest BCUT2D eigenvalue weighted by Crippen LogP contribution is -2.24. The Bertz CT molecular complexity index is 417. The standard InChI is InChI=1S/C12H13FN2O/c13-10-8-14-7-6-11(10)15-12(16)9-4-2-1-3-5-9/h1-2,6-9H,3-5H2,(H,14,15,16). The van der Waals surface area contributed by atoms with E-state index in [-0.39, 0.29) is 17.5 Å². The molecule has 0 radical (unpaired) electrons. The molecule has 1 heterocycles. The average molecular weight is 220 g/mol. The SMILES string of the molecule is O=C(Nc1ccncc1F)C1CC=CCC1. The van der Waals surface area contributed by atoms with Crippen LogP contribution in [0.25, 0.3) is 0 Å². The van der Waals surface area contributed by atoms with Crippen molar-refractivity contribution in [2.24, 2.45) is 5.92 Å². The first-order valence-electron chi connectivity index (χ1n) is 5.33. The van der Waals surface area contributed by atoms with Gasteiger partial charge in [0.15, 0.2) is 5.82 Å². The average Bonchev–Trinajstić information content (AvgIpc) is 2.33. The first kappa shape index (κ1) is 10.8. The van der Waals surface area contributed by atoms with Gasteiger partial charge in [0, 0.05) is 12.1 Å². The minimum Gasteiger partial charge on any atom is -0.323 e. The molecule has 2 rings (SSSR count). The third-order valence-corrected chi connectivity index (χ3v) is 2.67. The summed E-state index contributed by atoms with van der Waals surface area (Å²) in [5, 5.41) is 2.59. The van der Waals surface area contributed by atoms with E-state index in [1.54, 1.807) is 0 Å². The van der Waals surface area contributed by atoms with Crippen LogP contribution in [-0.4, -0.2) is 10.9 Å². The normalized spacial score (nSPS) is 19.4. The summed E-state index contributed by atoms with van der Waals surface area (Å²) in [6.45, 7) is 0. The van der Waals surface area contributed by atoms with Crippen LogP contribution < -0.4 is 5.32 Å². The van der Waals surface area contributed by atoms with E-state index in [2.05, 4.69) is 16.4 Å². The van der Waals surface area contributed by atoms with Crippen molar-refractivity contribution in [3.8, 4) is 0 Å². The number of nitrogens with one attached hydrogen (secondary N) is 1. The second-order valence-electron chi connectivity index (χ2n) is 3.83. The summed E-state index contributed by atoms with van der Waals surface area (Å²) >= 11 is 0. The Kier molecular flexibility index (Phi) is 3.29. The molecule has 1 amide bonds. The van der Waals surface area contributed by atoms with Crippen molar-refractivity contribution in [3.05, 3.63) is 36.4 Å². The van der Waals surface area contributed by atoms with Crippen molar-refractivity contribution in [1.29, 1.82) is 0 Å². The molecule has 1 atom stereocenters. The van der Waals surface area contributed by atoms with Gasteiger partial charge in [-0.05, 0) is 25.3 Å². The van der Waals surface area contributed by atoms with Crippen LogP contribution in [0, 0.1) is 11.7 Å². The summed E-state index contributed by atoms with van der Waals surface area (Å²) in [5.41, 5.74) is 0.203. The van der Waals surface area contributed by atoms with E-state index in [1.807, 2.05) is 6.08 Å². The molecule has 0 aromatic carbocycles. The summed E-state index contributed by atoms with van der Waals surface area (Å²) in [6.07, 6.45) is 9.09. The zero-order valence-electron chi connectivity index (χ0n) is 8.82. The van der Waals surface area contributed by atoms with Crippen molar-refractivity contribution in [1.82, 2.24) is 4.98 Å². The van der Waals surface area contributed by atoms with Gasteiger partial charge in [-0.15, -0.1) is 0 Å². The Hall–Kier alpha value is -1.71. The first-order valence-corrected chi connectivity index (χ1v) is 5.33. The number of allylic oxidation sites excluding steroid dienone is 2. The molecule has 0 saturated heterocycles. The van der Waals surface area contributed by atoms with Crippen LogP contribution in [0.2, 0.25) is 0 Å². The fourth-order valence-corrected chi connectivity index (χ4v) is 1.74. The Labute approximate surface area is 93.4 Å². The number of hydrogen-bond donors (Lipinski definition) is 1. The second kappa shape index (κ2) is 4.88. The van der Waals surface area contributed by atoms with Crippen molar-refractivity contribution in [2.45, 2.75) is 19.3 Å². The fourth-order valence-electron chi connectivity index (χ4n) is 1.74. The highest BCUT2D eigenvalue weighted by Crippen LogP contribution is 2.20. The molecular formula is C12H13FN2O. The van der Waals surface area contributed by atoms with Crippen LogP contribution in [0.3, 0.4) is 0 Å². The van der Waals surface area contributed by atoms with E-state index in [9.17, 15) is 9.18 Å². The van der Waals surface area contributed by atoms with Gasteiger partial charge < -0.3 is 5.32 Å². The molecule has 16 heavy (non-hydrogen) atoms. The van der Waals surface area contributed by atoms with E-state index < -0.39 is 5.82 Å². The van der Waals surface area contributed by atoms with Crippen molar-refractivity contribution < 1.29 is 9.18 Å². The lowest BCUT2D eigenvalue weighted by atomic mass is 9.93. The monoisotopic (exact) mass is 220 g/mol. The Balaban J connectivity index is 2.02. The molecule has 0 bridgehead atoms. The number of anilines is 1. The van der Waals surface area contributed by atoms with E-state index in [4.69, 9.17) is 0 Å². The molecule has 1 aliphatic rings. The Morgan fingerprint density at radius 3 is 3.06 bits per heavy atom. The van der Waals surface area contributed by atoms with Crippen molar-refractivity contribution >= 4 is 11.6 Å². The lowest BCUT2D eigenvalue weighted by Gasteiger charge is -2.17. The number of rotatable bonds is 2. The number of pyridine rings is 1. The molecule has 1 N–H and O–H groups in total. The van der Waals surface area contributed by atoms with E-state index in [0.29, 0.717) is 0 Å². The molecule has 1 aromatic rings. The molecule has 1 aliphatic carbocycles. The molecule has 3 nitrogen and oxygen atoms in total. The molecule has 0 saturated carbocycles. The van der Waals surface area contributed by atoms with E-state index >= 15 is 0 Å². The zero-order chi connectivity index (χ0) is 11.4. The molecule has 0 fully saturated rings. The Morgan fingerprint density at radius 2 is 2.38 bits per heavy atom. The zero-order valence-corrected chi connectivity index (χ0v) is 8.82. The number of halogens is 1. The van der Waals surface area contributed by atoms with Gasteiger partial charge in [-0.1, -0.05) is 12.2 Å². The largest absolute Gasteiger partial charge is 0.323 e. The molecular weight excluding hydrogens is 207 g/mol. The first-order chi connectivity index (χ1) is 7.77. The van der Waals surface area contributed by atoms with Crippen LogP contribution in [0.5, 0.6) is 0 Å². The smallest absolute Gasteiger partial charge is 0.227 e. The lowest BCUT2D eigenvalue weighted by molar-refractivity contribution is -0.120. The number of amides is 1. The number of aromatic nitrogens is 1. The molecule has 1 unspecified atom stereocenters. The summed E-state index contributed by atoms with van der Waals surface area (Å²) < 4.78 is 13.2. The van der Waals surface area contributed by atoms with Gasteiger partial charge in [-0.25, -0.2) is 4.39 Å². The maximum atomic E-state index is 13.2. The summed E-state index contributed by atoms with van der Waals surface area (Å²) in [6, 6.07) is 1.46. The number of carbonyl (C=O) groups excluding carboxylic acids is 1. The van der Waals surface area contributed by atoms with Gasteiger partial charge in [-0.2, -0.15) is 0 Å². The molecule has 4 heteroatoms. The molecule has 0 aliphatic heterocycles. The minimum absolute atomic E-state index is 0.0439. The van der Waals surface area contributed by atoms with Gasteiger partial charge in [0.05, 0.1) is 11.9 Å². The minimum atomic E-state index is -0.498. The number of nitrogens with zero attached hydrogens (tertiary/aromatic N) is 1. The fraction of sp³-hybridized carbons (Fsp3) is 0.333. The maximum absolute atomic E-state index is 13.2. The maximum Gasteiger partial charge on any atom is 0.227 e. The summed E-state index contributed by atoms with van der Waals surface area (Å²) in [7, 11) is 0. The number of carbonyl (C=O) groups is 1. The van der Waals surface area contributed by atoms with Crippen LogP contribution >= 0.6 is 0 Å². The predicted octanol–water partition coefficient (Wildman–Crippen LogP) is 2.52. The van der Waals surface area contributed by atoms with Gasteiger partial charge in [0.25, 0.3) is 0 Å². The van der Waals surface area contributed by atoms with Gasteiger partial charge in [-0.3, -0.25) is 9.78 Å². The quantitative estimate of drug-likeness (QED) is 0.778. The highest BCUT2D eigenvalue weighted by Gasteiger charge is 2.19. The van der Waals surface area contributed by atoms with Crippen LogP contribution in [-0.2, 0) is 4.79 Å². The summed E-state index contributed by atoms with van der Waals surface area (Å²) in [4.78, 5) is 15.4. The van der Waals surface area contributed by atoms with E-state index in [0.717, 1.165) is 25.5 Å². The van der Waals surface area contributed by atoms with Crippen molar-refractivity contribution in [2.75, 3.05) is 5.32 Å². The van der Waals surface area contributed by atoms with Crippen LogP contribution in [0.1, 0.15) is 19.3 Å². The highest BCUT2D eigenvalue weighted by molar-refractivity contribution is 5.92. The second-order valence-corrected chi connectivity index (χ2v) is 3.83. The van der Waals surface area contributed by atoms with Gasteiger partial charge in [0.2, 0.25) is 5.91 Å². The molecule has 1 aromatic heterocycles. The number of hydrogen-bond acceptors (Lipinski definition) is 2. The summed E-state index contributed by atoms with van der Waals surface area (Å²) in [5.74, 6) is -0.658. The third-order valence-electron chi connectivity index (χ3n) is 2.67. The highest BCUT2D eigenvalue weighted by atomic mass is 19.1. The van der Waals surface area contributed by atoms with Gasteiger partial charge >= 0.3 is 0 Å². The predicted molar refractivity (Wildman–Crippen MR) is 59.3 cm³/mol. The third kappa shape index (κ3) is 2.45. The topological polar surface area (TPSA) is 42.0 Å². The molecule has 0 spiro atoms. The van der Waals surface area contributed by atoms with Crippen LogP contribution in [0.15, 0.2) is 30.6 Å². The Morgan fingerprint density at radius 1 is 1.50 bits per heavy atom. The van der Waals surface area contributed by atoms with Crippen LogP contribution in [0.4, 0.5) is 10.1 Å². The van der Waals surface area contributed by atoms with Gasteiger partial charge in [0.1, 0.15) is 0 Å².